The van der Waals surface area contributed by atoms with E-state index in [1.807, 2.05) is 30.7 Å². The zero-order chi connectivity index (χ0) is 16.0. The highest BCUT2D eigenvalue weighted by Gasteiger charge is 2.47. The standard InChI is InChI=1S/C18H23N3OS/c1-12-5-6-17(23-12)15-10-16(15)18(22)20-8-3-4-14(11-20)21-9-7-19-13(21)2/h5-7,9,14-16H,3-4,8,10-11H2,1-2H3/t14-,15-,16-/m1/s1. The van der Waals surface area contributed by atoms with Gasteiger partial charge in [-0.15, -0.1) is 11.3 Å². The lowest BCUT2D eigenvalue weighted by molar-refractivity contribution is -0.134. The average molecular weight is 329 g/mol. The van der Waals surface area contributed by atoms with Crippen LogP contribution in [0.15, 0.2) is 24.5 Å². The van der Waals surface area contributed by atoms with E-state index in [0.717, 1.165) is 38.2 Å². The summed E-state index contributed by atoms with van der Waals surface area (Å²) >= 11 is 1.84. The zero-order valence-electron chi connectivity index (χ0n) is 13.7. The molecule has 2 aromatic heterocycles. The summed E-state index contributed by atoms with van der Waals surface area (Å²) in [5.41, 5.74) is 0. The summed E-state index contributed by atoms with van der Waals surface area (Å²) in [6.07, 6.45) is 7.15. The molecular formula is C18H23N3OS. The molecule has 3 atom stereocenters. The van der Waals surface area contributed by atoms with Gasteiger partial charge in [0.2, 0.25) is 5.91 Å². The van der Waals surface area contributed by atoms with Crippen LogP contribution in [0.5, 0.6) is 0 Å². The number of aryl methyl sites for hydroxylation is 2. The number of piperidine rings is 1. The molecule has 122 valence electrons. The first-order valence-corrected chi connectivity index (χ1v) is 9.29. The second-order valence-corrected chi connectivity index (χ2v) is 8.18. The van der Waals surface area contributed by atoms with Crippen LogP contribution < -0.4 is 0 Å². The van der Waals surface area contributed by atoms with Gasteiger partial charge in [0.05, 0.1) is 6.04 Å². The first-order valence-electron chi connectivity index (χ1n) is 8.48. The number of nitrogens with zero attached hydrogens (tertiary/aromatic N) is 3. The fraction of sp³-hybridized carbons (Fsp3) is 0.556. The highest BCUT2D eigenvalue weighted by molar-refractivity contribution is 7.12. The third kappa shape index (κ3) is 2.82. The van der Waals surface area contributed by atoms with Gasteiger partial charge in [-0.1, -0.05) is 0 Å². The van der Waals surface area contributed by atoms with Crippen molar-refractivity contribution in [3.05, 3.63) is 40.1 Å². The molecule has 3 heterocycles. The maximum Gasteiger partial charge on any atom is 0.226 e. The molecule has 2 fully saturated rings. The van der Waals surface area contributed by atoms with Crippen molar-refractivity contribution in [2.75, 3.05) is 13.1 Å². The number of amides is 1. The summed E-state index contributed by atoms with van der Waals surface area (Å²) in [6.45, 7) is 5.92. The maximum absolute atomic E-state index is 12.9. The Hall–Kier alpha value is -1.62. The van der Waals surface area contributed by atoms with Gasteiger partial charge in [0.1, 0.15) is 5.82 Å². The lowest BCUT2D eigenvalue weighted by Crippen LogP contribution is -2.41. The number of aromatic nitrogens is 2. The van der Waals surface area contributed by atoms with Crippen LogP contribution in [0.1, 0.15) is 46.8 Å². The van der Waals surface area contributed by atoms with E-state index in [1.165, 1.54) is 9.75 Å². The van der Waals surface area contributed by atoms with E-state index in [0.29, 0.717) is 17.9 Å². The van der Waals surface area contributed by atoms with Crippen molar-refractivity contribution in [2.45, 2.75) is 45.1 Å². The summed E-state index contributed by atoms with van der Waals surface area (Å²) in [5, 5.41) is 0. The fourth-order valence-corrected chi connectivity index (χ4v) is 4.88. The summed E-state index contributed by atoms with van der Waals surface area (Å²) in [6, 6.07) is 4.75. The van der Waals surface area contributed by atoms with Crippen LogP contribution in [0.4, 0.5) is 0 Å². The van der Waals surface area contributed by atoms with Crippen molar-refractivity contribution in [1.82, 2.24) is 14.5 Å². The van der Waals surface area contributed by atoms with Crippen LogP contribution in [-0.2, 0) is 4.79 Å². The van der Waals surface area contributed by atoms with Gasteiger partial charge in [0.15, 0.2) is 0 Å². The van der Waals surface area contributed by atoms with Crippen LogP contribution in [-0.4, -0.2) is 33.4 Å². The molecule has 0 spiro atoms. The molecule has 2 aromatic rings. The molecule has 23 heavy (non-hydrogen) atoms. The molecule has 4 rings (SSSR count). The van der Waals surface area contributed by atoms with Gasteiger partial charge in [0.25, 0.3) is 0 Å². The summed E-state index contributed by atoms with van der Waals surface area (Å²) in [5.74, 6) is 2.10. The van der Waals surface area contributed by atoms with Crippen LogP contribution in [0.25, 0.3) is 0 Å². The number of rotatable bonds is 3. The number of carbonyl (C=O) groups excluding carboxylic acids is 1. The molecule has 1 aliphatic heterocycles. The molecule has 0 N–H and O–H groups in total. The molecule has 0 radical (unpaired) electrons. The fourth-order valence-electron chi connectivity index (χ4n) is 3.83. The summed E-state index contributed by atoms with van der Waals surface area (Å²) < 4.78 is 2.23. The van der Waals surface area contributed by atoms with Crippen molar-refractivity contribution in [3.8, 4) is 0 Å². The Balaban J connectivity index is 1.42. The highest BCUT2D eigenvalue weighted by atomic mass is 32.1. The lowest BCUT2D eigenvalue weighted by Gasteiger charge is -2.34. The maximum atomic E-state index is 12.9. The molecule has 4 nitrogen and oxygen atoms in total. The Morgan fingerprint density at radius 3 is 2.91 bits per heavy atom. The van der Waals surface area contributed by atoms with Gasteiger partial charge in [-0.3, -0.25) is 4.79 Å². The highest BCUT2D eigenvalue weighted by Crippen LogP contribution is 2.50. The molecular weight excluding hydrogens is 306 g/mol. The number of thiophene rings is 1. The predicted molar refractivity (Wildman–Crippen MR) is 91.7 cm³/mol. The van der Waals surface area contributed by atoms with Gasteiger partial charge < -0.3 is 9.47 Å². The number of hydrogen-bond donors (Lipinski definition) is 0. The molecule has 2 aliphatic rings. The van der Waals surface area contributed by atoms with Gasteiger partial charge in [-0.2, -0.15) is 0 Å². The zero-order valence-corrected chi connectivity index (χ0v) is 14.6. The van der Waals surface area contributed by atoms with Gasteiger partial charge >= 0.3 is 0 Å². The minimum absolute atomic E-state index is 0.218. The van der Waals surface area contributed by atoms with E-state index in [4.69, 9.17) is 0 Å². The molecule has 1 amide bonds. The van der Waals surface area contributed by atoms with Gasteiger partial charge in [-0.05, 0) is 45.2 Å². The van der Waals surface area contributed by atoms with Crippen molar-refractivity contribution in [1.29, 1.82) is 0 Å². The van der Waals surface area contributed by atoms with Crippen molar-refractivity contribution in [3.63, 3.8) is 0 Å². The SMILES string of the molecule is Cc1ccc([C@@H]2C[C@H]2C(=O)N2CCC[C@@H](n3ccnc3C)C2)s1. The molecule has 1 saturated heterocycles. The van der Waals surface area contributed by atoms with E-state index in [2.05, 4.69) is 33.5 Å². The third-order valence-corrected chi connectivity index (χ3v) is 6.33. The largest absolute Gasteiger partial charge is 0.340 e. The number of carbonyl (C=O) groups is 1. The van der Waals surface area contributed by atoms with Crippen molar-refractivity contribution in [2.24, 2.45) is 5.92 Å². The Bertz CT molecular complexity index is 719. The Labute approximate surface area is 141 Å². The second kappa shape index (κ2) is 5.78. The van der Waals surface area contributed by atoms with E-state index < -0.39 is 0 Å². The van der Waals surface area contributed by atoms with E-state index in [-0.39, 0.29) is 5.92 Å². The van der Waals surface area contributed by atoms with Crippen LogP contribution in [0.2, 0.25) is 0 Å². The van der Waals surface area contributed by atoms with E-state index in [1.54, 1.807) is 0 Å². The first kappa shape index (κ1) is 14.9. The van der Waals surface area contributed by atoms with Gasteiger partial charge in [0, 0.05) is 47.1 Å². The Kier molecular flexibility index (Phi) is 3.76. The predicted octanol–water partition coefficient (Wildman–Crippen LogP) is 3.53. The van der Waals surface area contributed by atoms with Crippen LogP contribution >= 0.6 is 11.3 Å². The quantitative estimate of drug-likeness (QED) is 0.864. The molecule has 0 bridgehead atoms. The molecule has 1 saturated carbocycles. The summed E-state index contributed by atoms with van der Waals surface area (Å²) in [4.78, 5) is 22.0. The molecule has 0 aromatic carbocycles. The Morgan fingerprint density at radius 2 is 2.22 bits per heavy atom. The average Bonchev–Trinajstić information content (AvgIpc) is 3.05. The van der Waals surface area contributed by atoms with Crippen LogP contribution in [0.3, 0.4) is 0 Å². The Morgan fingerprint density at radius 1 is 1.35 bits per heavy atom. The second-order valence-electron chi connectivity index (χ2n) is 6.86. The van der Waals surface area contributed by atoms with Crippen LogP contribution in [0, 0.1) is 19.8 Å². The first-order chi connectivity index (χ1) is 11.1. The summed E-state index contributed by atoms with van der Waals surface area (Å²) in [7, 11) is 0. The molecule has 0 unspecified atom stereocenters. The minimum atomic E-state index is 0.218. The minimum Gasteiger partial charge on any atom is -0.340 e. The normalized spacial score (nSPS) is 27.2. The molecule has 1 aliphatic carbocycles. The van der Waals surface area contributed by atoms with E-state index in [9.17, 15) is 4.79 Å². The van der Waals surface area contributed by atoms with Crippen molar-refractivity contribution < 1.29 is 4.79 Å². The smallest absolute Gasteiger partial charge is 0.226 e. The molecule has 5 heteroatoms. The number of imidazole rings is 1. The van der Waals surface area contributed by atoms with Gasteiger partial charge in [-0.25, -0.2) is 4.98 Å². The third-order valence-electron chi connectivity index (χ3n) is 5.20. The topological polar surface area (TPSA) is 38.1 Å². The number of hydrogen-bond acceptors (Lipinski definition) is 3. The van der Waals surface area contributed by atoms with E-state index >= 15 is 0 Å². The lowest BCUT2D eigenvalue weighted by atomic mass is 10.0. The number of likely N-dealkylation sites (tertiary alicyclic amines) is 1. The van der Waals surface area contributed by atoms with Crippen molar-refractivity contribution >= 4 is 17.2 Å². The monoisotopic (exact) mass is 329 g/mol.